The Bertz CT molecular complexity index is 1110. The normalized spacial score (nSPS) is 12.7. The van der Waals surface area contributed by atoms with E-state index in [1.54, 1.807) is 31.2 Å². The summed E-state index contributed by atoms with van der Waals surface area (Å²) < 4.78 is 48.6. The Kier molecular flexibility index (Phi) is 7.63. The first kappa shape index (κ1) is 23.9. The Morgan fingerprint density at radius 3 is 2.19 bits per heavy atom. The van der Waals surface area contributed by atoms with Crippen molar-refractivity contribution in [3.63, 3.8) is 0 Å². The van der Waals surface area contributed by atoms with Gasteiger partial charge in [0.15, 0.2) is 11.5 Å². The summed E-state index contributed by atoms with van der Waals surface area (Å²) in [6.45, 7) is 1.62. The lowest BCUT2D eigenvalue weighted by atomic mass is 10.0. The average Bonchev–Trinajstić information content (AvgIpc) is 3.27. The fourth-order valence-electron chi connectivity index (χ4n) is 3.10. The Morgan fingerprint density at radius 1 is 0.938 bits per heavy atom. The molecule has 0 radical (unpaired) electrons. The fraction of sp³-hybridized carbons (Fsp3) is 0.286. The zero-order chi connectivity index (χ0) is 23.3. The Labute approximate surface area is 190 Å². The van der Waals surface area contributed by atoms with Crippen LogP contribution in [0.3, 0.4) is 0 Å². The van der Waals surface area contributed by atoms with Crippen LogP contribution in [0.4, 0.5) is 0 Å². The first-order valence-electron chi connectivity index (χ1n) is 9.47. The SMILES string of the molecule is CCOP(=O)(O)Oc1cc(OC)ccc1-c1csnc1-c1cc(OC)c(OC)c(OC)c1. The van der Waals surface area contributed by atoms with Crippen molar-refractivity contribution in [3.8, 4) is 51.1 Å². The number of aromatic nitrogens is 1. The van der Waals surface area contributed by atoms with Gasteiger partial charge < -0.3 is 23.5 Å². The summed E-state index contributed by atoms with van der Waals surface area (Å²) in [6.07, 6.45) is 0. The molecule has 0 aliphatic rings. The van der Waals surface area contributed by atoms with Crippen molar-refractivity contribution in [2.75, 3.05) is 35.0 Å². The van der Waals surface area contributed by atoms with E-state index in [9.17, 15) is 9.46 Å². The topological polar surface area (TPSA) is 106 Å². The van der Waals surface area contributed by atoms with Gasteiger partial charge in [-0.25, -0.2) is 4.57 Å². The summed E-state index contributed by atoms with van der Waals surface area (Å²) in [7, 11) is 1.76. The second-order valence-electron chi connectivity index (χ2n) is 6.33. The molecule has 1 atom stereocenters. The molecule has 0 bridgehead atoms. The smallest absolute Gasteiger partial charge is 0.497 e. The molecule has 0 saturated carbocycles. The monoisotopic (exact) mass is 481 g/mol. The molecule has 1 unspecified atom stereocenters. The van der Waals surface area contributed by atoms with Crippen molar-refractivity contribution < 1.29 is 37.5 Å². The number of hydrogen-bond acceptors (Lipinski definition) is 9. The van der Waals surface area contributed by atoms with E-state index < -0.39 is 7.82 Å². The van der Waals surface area contributed by atoms with Crippen LogP contribution in [0, 0.1) is 0 Å². The van der Waals surface area contributed by atoms with Gasteiger partial charge in [-0.05, 0) is 42.7 Å². The largest absolute Gasteiger partial charge is 0.527 e. The highest BCUT2D eigenvalue weighted by atomic mass is 32.1. The van der Waals surface area contributed by atoms with E-state index in [1.807, 2.05) is 5.38 Å². The van der Waals surface area contributed by atoms with Crippen LogP contribution in [0.2, 0.25) is 0 Å². The van der Waals surface area contributed by atoms with Crippen molar-refractivity contribution in [2.45, 2.75) is 6.92 Å². The lowest BCUT2D eigenvalue weighted by molar-refractivity contribution is 0.213. The molecule has 1 heterocycles. The molecule has 11 heteroatoms. The summed E-state index contributed by atoms with van der Waals surface area (Å²) in [5.74, 6) is 1.99. The van der Waals surface area contributed by atoms with Crippen LogP contribution in [0.1, 0.15) is 6.92 Å². The van der Waals surface area contributed by atoms with E-state index in [-0.39, 0.29) is 12.4 Å². The maximum atomic E-state index is 12.3. The Balaban J connectivity index is 2.16. The molecule has 0 aliphatic carbocycles. The van der Waals surface area contributed by atoms with E-state index in [0.717, 1.165) is 0 Å². The molecule has 2 aromatic carbocycles. The molecular weight excluding hydrogens is 457 g/mol. The average molecular weight is 481 g/mol. The quantitative estimate of drug-likeness (QED) is 0.399. The first-order valence-corrected chi connectivity index (χ1v) is 11.8. The molecule has 0 saturated heterocycles. The summed E-state index contributed by atoms with van der Waals surface area (Å²) in [5, 5.41) is 1.82. The molecule has 3 aromatic rings. The van der Waals surface area contributed by atoms with Crippen molar-refractivity contribution in [1.29, 1.82) is 0 Å². The molecule has 0 spiro atoms. The van der Waals surface area contributed by atoms with E-state index in [0.29, 0.717) is 45.4 Å². The Hall–Kier alpha value is -2.78. The van der Waals surface area contributed by atoms with Crippen LogP contribution < -0.4 is 23.5 Å². The number of benzene rings is 2. The minimum Gasteiger partial charge on any atom is -0.497 e. The fourth-order valence-corrected chi connectivity index (χ4v) is 4.58. The van der Waals surface area contributed by atoms with E-state index >= 15 is 0 Å². The van der Waals surface area contributed by atoms with Gasteiger partial charge in [0.25, 0.3) is 0 Å². The first-order chi connectivity index (χ1) is 15.4. The molecule has 32 heavy (non-hydrogen) atoms. The van der Waals surface area contributed by atoms with Crippen LogP contribution in [0.5, 0.6) is 28.7 Å². The summed E-state index contributed by atoms with van der Waals surface area (Å²) in [6, 6.07) is 8.53. The maximum absolute atomic E-state index is 12.3. The number of methoxy groups -OCH3 is 4. The highest BCUT2D eigenvalue weighted by molar-refractivity contribution is 7.47. The second kappa shape index (κ2) is 10.2. The number of hydrogen-bond donors (Lipinski definition) is 1. The highest BCUT2D eigenvalue weighted by Crippen LogP contribution is 2.50. The minimum atomic E-state index is -4.33. The molecular formula is C21H24NO8PS. The highest BCUT2D eigenvalue weighted by Gasteiger charge is 2.26. The number of phosphoric acid groups is 1. The number of nitrogens with zero attached hydrogens (tertiary/aromatic N) is 1. The minimum absolute atomic E-state index is 0.0176. The maximum Gasteiger partial charge on any atom is 0.527 e. The van der Waals surface area contributed by atoms with Crippen LogP contribution >= 0.6 is 19.4 Å². The second-order valence-corrected chi connectivity index (χ2v) is 8.34. The standard InChI is InChI=1S/C21H24NO8PS/c1-6-29-31(23,24)30-17-11-14(25-2)7-8-15(17)16-12-32-22-20(16)13-9-18(26-3)21(28-5)19(10-13)27-4/h7-12H,6H2,1-5H3,(H,23,24). The van der Waals surface area contributed by atoms with Crippen molar-refractivity contribution in [1.82, 2.24) is 4.37 Å². The predicted octanol–water partition coefficient (Wildman–Crippen LogP) is 5.03. The third-order valence-corrected chi connectivity index (χ3v) is 6.13. The molecule has 3 rings (SSSR count). The van der Waals surface area contributed by atoms with Crippen molar-refractivity contribution in [2.24, 2.45) is 0 Å². The van der Waals surface area contributed by atoms with Crippen molar-refractivity contribution in [3.05, 3.63) is 35.7 Å². The molecule has 1 N–H and O–H groups in total. The third-order valence-electron chi connectivity index (χ3n) is 4.49. The van der Waals surface area contributed by atoms with Gasteiger partial charge in [-0.1, -0.05) is 0 Å². The van der Waals surface area contributed by atoms with Gasteiger partial charge in [0.05, 0.1) is 40.7 Å². The summed E-state index contributed by atoms with van der Waals surface area (Å²) in [5.41, 5.74) is 2.53. The van der Waals surface area contributed by atoms with Gasteiger partial charge in [-0.15, -0.1) is 0 Å². The lowest BCUT2D eigenvalue weighted by Gasteiger charge is -2.17. The van der Waals surface area contributed by atoms with Gasteiger partial charge in [-0.3, -0.25) is 9.42 Å². The molecule has 172 valence electrons. The summed E-state index contributed by atoms with van der Waals surface area (Å²) in [4.78, 5) is 10.0. The van der Waals surface area contributed by atoms with Gasteiger partial charge in [0.1, 0.15) is 11.5 Å². The van der Waals surface area contributed by atoms with E-state index in [2.05, 4.69) is 4.37 Å². The van der Waals surface area contributed by atoms with Crippen LogP contribution in [0.25, 0.3) is 22.4 Å². The number of rotatable bonds is 10. The zero-order valence-corrected chi connectivity index (χ0v) is 20.0. The van der Waals surface area contributed by atoms with E-state index in [4.69, 9.17) is 28.0 Å². The molecule has 0 aliphatic heterocycles. The van der Waals surface area contributed by atoms with Gasteiger partial charge in [-0.2, -0.15) is 4.37 Å². The van der Waals surface area contributed by atoms with Crippen LogP contribution in [-0.2, 0) is 9.09 Å². The molecule has 0 fully saturated rings. The predicted molar refractivity (Wildman–Crippen MR) is 121 cm³/mol. The lowest BCUT2D eigenvalue weighted by Crippen LogP contribution is -1.99. The van der Waals surface area contributed by atoms with Crippen LogP contribution in [-0.4, -0.2) is 44.3 Å². The summed E-state index contributed by atoms with van der Waals surface area (Å²) >= 11 is 1.23. The van der Waals surface area contributed by atoms with Gasteiger partial charge in [0, 0.05) is 28.1 Å². The molecule has 1 aromatic heterocycles. The van der Waals surface area contributed by atoms with E-state index in [1.165, 1.54) is 46.0 Å². The Morgan fingerprint density at radius 2 is 1.62 bits per heavy atom. The van der Waals surface area contributed by atoms with Crippen LogP contribution in [0.15, 0.2) is 35.7 Å². The third kappa shape index (κ3) is 4.99. The zero-order valence-electron chi connectivity index (χ0n) is 18.3. The van der Waals surface area contributed by atoms with Gasteiger partial charge in [0.2, 0.25) is 5.75 Å². The molecule has 9 nitrogen and oxygen atoms in total. The number of ether oxygens (including phenoxy) is 4. The van der Waals surface area contributed by atoms with Gasteiger partial charge >= 0.3 is 7.82 Å². The number of phosphoric ester groups is 1. The van der Waals surface area contributed by atoms with Crippen molar-refractivity contribution >= 4 is 19.4 Å². The molecule has 0 amide bonds.